The minimum atomic E-state index is -0.222. The molecule has 0 saturated carbocycles. The normalized spacial score (nSPS) is 14.2. The van der Waals surface area contributed by atoms with E-state index in [1.54, 1.807) is 0 Å². The molecule has 2 unspecified atom stereocenters. The first kappa shape index (κ1) is 16.0. The largest absolute Gasteiger partial charge is 0.293 e. The van der Waals surface area contributed by atoms with E-state index < -0.39 is 0 Å². The molecule has 1 amide bonds. The summed E-state index contributed by atoms with van der Waals surface area (Å²) in [6.07, 6.45) is 1.70. The monoisotopic (exact) mass is 283 g/mol. The van der Waals surface area contributed by atoms with Crippen LogP contribution in [0.15, 0.2) is 24.3 Å². The maximum absolute atomic E-state index is 11.8. The molecule has 0 aromatic heterocycles. The summed E-state index contributed by atoms with van der Waals surface area (Å²) in [5, 5.41) is 0.711. The predicted molar refractivity (Wildman–Crippen MR) is 78.7 cm³/mol. The summed E-state index contributed by atoms with van der Waals surface area (Å²) >= 11 is 5.89. The number of carbonyl (C=O) groups excluding carboxylic acids is 1. The van der Waals surface area contributed by atoms with Gasteiger partial charge in [-0.15, -0.1) is 0 Å². The highest BCUT2D eigenvalue weighted by Crippen LogP contribution is 2.24. The van der Waals surface area contributed by atoms with Crippen LogP contribution >= 0.6 is 11.6 Å². The minimum absolute atomic E-state index is 0.117. The second-order valence-electron chi connectivity index (χ2n) is 4.71. The van der Waals surface area contributed by atoms with E-state index in [1.165, 1.54) is 0 Å². The smallest absolute Gasteiger partial charge is 0.251 e. The van der Waals surface area contributed by atoms with Crippen molar-refractivity contribution in [1.82, 2.24) is 10.3 Å². The first-order chi connectivity index (χ1) is 9.01. The number of rotatable bonds is 6. The predicted octanol–water partition coefficient (Wildman–Crippen LogP) is 2.49. The summed E-state index contributed by atoms with van der Waals surface area (Å²) < 4.78 is 0. The molecule has 2 atom stereocenters. The Balaban J connectivity index is 2.86. The molecular weight excluding hydrogens is 262 g/mol. The first-order valence-corrected chi connectivity index (χ1v) is 6.86. The molecule has 0 heterocycles. The lowest BCUT2D eigenvalue weighted by molar-refractivity contribution is -0.127. The van der Waals surface area contributed by atoms with Gasteiger partial charge >= 0.3 is 0 Å². The number of hydrazine groups is 1. The van der Waals surface area contributed by atoms with E-state index in [9.17, 15) is 4.79 Å². The van der Waals surface area contributed by atoms with Gasteiger partial charge in [0.1, 0.15) is 0 Å². The maximum atomic E-state index is 11.8. The number of benzene rings is 1. The molecule has 1 aromatic rings. The van der Waals surface area contributed by atoms with Crippen molar-refractivity contribution in [2.45, 2.75) is 38.8 Å². The molecule has 1 aromatic carbocycles. The Hall–Kier alpha value is -1.10. The molecule has 0 spiro atoms. The SMILES string of the molecule is CCCC(C(=O)NN)N(C)C(C)c1ccc(Cl)cc1. The number of carbonyl (C=O) groups is 1. The minimum Gasteiger partial charge on any atom is -0.293 e. The zero-order valence-corrected chi connectivity index (χ0v) is 12.4. The molecule has 19 heavy (non-hydrogen) atoms. The Morgan fingerprint density at radius 3 is 2.47 bits per heavy atom. The van der Waals surface area contributed by atoms with Crippen LogP contribution < -0.4 is 11.3 Å². The fraction of sp³-hybridized carbons (Fsp3) is 0.500. The van der Waals surface area contributed by atoms with Gasteiger partial charge in [-0.3, -0.25) is 15.1 Å². The first-order valence-electron chi connectivity index (χ1n) is 6.49. The van der Waals surface area contributed by atoms with Gasteiger partial charge in [-0.25, -0.2) is 5.84 Å². The molecule has 0 aliphatic heterocycles. The number of hydrogen-bond acceptors (Lipinski definition) is 3. The summed E-state index contributed by atoms with van der Waals surface area (Å²) in [4.78, 5) is 13.9. The average molecular weight is 284 g/mol. The molecule has 5 heteroatoms. The van der Waals surface area contributed by atoms with Crippen molar-refractivity contribution in [2.24, 2.45) is 5.84 Å². The number of nitrogens with one attached hydrogen (secondary N) is 1. The molecule has 1 rings (SSSR count). The topological polar surface area (TPSA) is 58.4 Å². The second kappa shape index (κ2) is 7.48. The lowest BCUT2D eigenvalue weighted by Gasteiger charge is -2.32. The van der Waals surface area contributed by atoms with Crippen molar-refractivity contribution >= 4 is 17.5 Å². The molecule has 0 radical (unpaired) electrons. The summed E-state index contributed by atoms with van der Waals surface area (Å²) in [5.41, 5.74) is 3.37. The Morgan fingerprint density at radius 2 is 2.00 bits per heavy atom. The molecule has 0 bridgehead atoms. The van der Waals surface area contributed by atoms with Gasteiger partial charge in [-0.2, -0.15) is 0 Å². The van der Waals surface area contributed by atoms with E-state index in [4.69, 9.17) is 17.4 Å². The molecular formula is C14H22ClN3O. The third kappa shape index (κ3) is 4.20. The van der Waals surface area contributed by atoms with Gasteiger partial charge in [0.2, 0.25) is 0 Å². The zero-order chi connectivity index (χ0) is 14.4. The van der Waals surface area contributed by atoms with Crippen LogP contribution in [0.4, 0.5) is 0 Å². The zero-order valence-electron chi connectivity index (χ0n) is 11.7. The highest BCUT2D eigenvalue weighted by atomic mass is 35.5. The molecule has 0 saturated heterocycles. The van der Waals surface area contributed by atoms with Crippen molar-refractivity contribution in [2.75, 3.05) is 7.05 Å². The fourth-order valence-corrected chi connectivity index (χ4v) is 2.26. The Kier molecular flexibility index (Phi) is 6.28. The van der Waals surface area contributed by atoms with Crippen LogP contribution in [0.1, 0.15) is 38.3 Å². The molecule has 4 nitrogen and oxygen atoms in total. The Labute approximate surface area is 119 Å². The van der Waals surface area contributed by atoms with Gasteiger partial charge in [-0.1, -0.05) is 37.1 Å². The van der Waals surface area contributed by atoms with E-state index >= 15 is 0 Å². The van der Waals surface area contributed by atoms with Crippen LogP contribution in [0.5, 0.6) is 0 Å². The second-order valence-corrected chi connectivity index (χ2v) is 5.14. The van der Waals surface area contributed by atoms with E-state index in [0.29, 0.717) is 5.02 Å². The summed E-state index contributed by atoms with van der Waals surface area (Å²) in [6, 6.07) is 7.57. The number of amides is 1. The van der Waals surface area contributed by atoms with Gasteiger partial charge < -0.3 is 0 Å². The van der Waals surface area contributed by atoms with Crippen molar-refractivity contribution in [3.63, 3.8) is 0 Å². The Bertz CT molecular complexity index is 408. The molecule has 106 valence electrons. The quantitative estimate of drug-likeness (QED) is 0.479. The lowest BCUT2D eigenvalue weighted by Crippen LogP contribution is -2.48. The highest BCUT2D eigenvalue weighted by molar-refractivity contribution is 6.30. The third-order valence-corrected chi connectivity index (χ3v) is 3.71. The molecule has 3 N–H and O–H groups in total. The summed E-state index contributed by atoms with van der Waals surface area (Å²) in [7, 11) is 1.94. The maximum Gasteiger partial charge on any atom is 0.251 e. The van der Waals surface area contributed by atoms with Crippen LogP contribution in [-0.2, 0) is 4.79 Å². The number of nitrogens with two attached hydrogens (primary N) is 1. The van der Waals surface area contributed by atoms with E-state index in [0.717, 1.165) is 18.4 Å². The summed E-state index contributed by atoms with van der Waals surface area (Å²) in [5.74, 6) is 5.11. The third-order valence-electron chi connectivity index (χ3n) is 3.46. The van der Waals surface area contributed by atoms with Crippen molar-refractivity contribution < 1.29 is 4.79 Å². The molecule has 0 aliphatic rings. The van der Waals surface area contributed by atoms with E-state index in [2.05, 4.69) is 19.3 Å². The van der Waals surface area contributed by atoms with Crippen LogP contribution in [0.2, 0.25) is 5.02 Å². The van der Waals surface area contributed by atoms with Gasteiger partial charge in [0.15, 0.2) is 0 Å². The van der Waals surface area contributed by atoms with Gasteiger partial charge in [-0.05, 0) is 38.1 Å². The van der Waals surface area contributed by atoms with Crippen molar-refractivity contribution in [3.05, 3.63) is 34.9 Å². The number of halogens is 1. The number of likely N-dealkylation sites (N-methyl/N-ethyl adjacent to an activating group) is 1. The lowest BCUT2D eigenvalue weighted by atomic mass is 10.0. The van der Waals surface area contributed by atoms with Crippen molar-refractivity contribution in [1.29, 1.82) is 0 Å². The van der Waals surface area contributed by atoms with Gasteiger partial charge in [0, 0.05) is 11.1 Å². The standard InChI is InChI=1S/C14H22ClN3O/c1-4-5-13(14(19)17-16)18(3)10(2)11-6-8-12(15)9-7-11/h6-10,13H,4-5,16H2,1-3H3,(H,17,19). The van der Waals surface area contributed by atoms with E-state index in [1.807, 2.05) is 36.2 Å². The molecule has 0 aliphatic carbocycles. The van der Waals surface area contributed by atoms with Gasteiger partial charge in [0.05, 0.1) is 6.04 Å². The summed E-state index contributed by atoms with van der Waals surface area (Å²) in [6.45, 7) is 4.12. The van der Waals surface area contributed by atoms with Crippen LogP contribution in [0, 0.1) is 0 Å². The fourth-order valence-electron chi connectivity index (χ4n) is 2.14. The highest BCUT2D eigenvalue weighted by Gasteiger charge is 2.25. The Morgan fingerprint density at radius 1 is 1.42 bits per heavy atom. The van der Waals surface area contributed by atoms with E-state index in [-0.39, 0.29) is 18.0 Å². The van der Waals surface area contributed by atoms with Crippen LogP contribution in [0.25, 0.3) is 0 Å². The average Bonchev–Trinajstić information content (AvgIpc) is 2.43. The number of nitrogens with zero attached hydrogens (tertiary/aromatic N) is 1. The van der Waals surface area contributed by atoms with Crippen LogP contribution in [-0.4, -0.2) is 23.9 Å². The molecule has 0 fully saturated rings. The van der Waals surface area contributed by atoms with Crippen molar-refractivity contribution in [3.8, 4) is 0 Å². The van der Waals surface area contributed by atoms with Crippen LogP contribution in [0.3, 0.4) is 0 Å². The van der Waals surface area contributed by atoms with Gasteiger partial charge in [0.25, 0.3) is 5.91 Å². The number of hydrogen-bond donors (Lipinski definition) is 2.